The zero-order valence-corrected chi connectivity index (χ0v) is 10.5. The highest BCUT2D eigenvalue weighted by molar-refractivity contribution is 5.74. The number of carboxylic acid groups (broad SMARTS) is 1. The monoisotopic (exact) mass is 251 g/mol. The van der Waals surface area contributed by atoms with Crippen molar-refractivity contribution in [2.45, 2.75) is 18.4 Å². The predicted octanol–water partition coefficient (Wildman–Crippen LogP) is 1.23. The molecule has 1 aromatic carbocycles. The third-order valence-electron chi connectivity index (χ3n) is 3.31. The topological polar surface area (TPSA) is 67.8 Å². The molecule has 0 spiro atoms. The van der Waals surface area contributed by atoms with Crippen LogP contribution in [0.1, 0.15) is 17.9 Å². The number of aliphatic carboxylic acids is 1. The van der Waals surface area contributed by atoms with Gasteiger partial charge in [-0.2, -0.15) is 0 Å². The average molecular weight is 251 g/mol. The molecular weight excluding hydrogens is 234 g/mol. The van der Waals surface area contributed by atoms with Gasteiger partial charge in [-0.15, -0.1) is 0 Å². The standard InChI is InChI=1S/C13H17NO4/c1-17-11-4-3-8(6-12(11)18-2)9-5-10(13(15)16)14-7-9/h3-4,6,9-10,14H,5,7H2,1-2H3,(H,15,16). The van der Waals surface area contributed by atoms with Crippen LogP contribution in [0.5, 0.6) is 11.5 Å². The molecule has 0 aromatic heterocycles. The van der Waals surface area contributed by atoms with E-state index in [4.69, 9.17) is 14.6 Å². The molecule has 2 N–H and O–H groups in total. The summed E-state index contributed by atoms with van der Waals surface area (Å²) in [5.74, 6) is 0.764. The van der Waals surface area contributed by atoms with Crippen molar-refractivity contribution in [2.75, 3.05) is 20.8 Å². The first-order chi connectivity index (χ1) is 8.65. The summed E-state index contributed by atoms with van der Waals surface area (Å²) >= 11 is 0. The van der Waals surface area contributed by atoms with E-state index in [-0.39, 0.29) is 5.92 Å². The Labute approximate surface area is 106 Å². The summed E-state index contributed by atoms with van der Waals surface area (Å²) in [5, 5.41) is 12.0. The first-order valence-corrected chi connectivity index (χ1v) is 5.83. The highest BCUT2D eigenvalue weighted by atomic mass is 16.5. The van der Waals surface area contributed by atoms with Gasteiger partial charge in [0.05, 0.1) is 14.2 Å². The van der Waals surface area contributed by atoms with Gasteiger partial charge in [0.25, 0.3) is 0 Å². The van der Waals surface area contributed by atoms with Gasteiger partial charge in [-0.25, -0.2) is 0 Å². The van der Waals surface area contributed by atoms with Crippen molar-refractivity contribution in [3.05, 3.63) is 23.8 Å². The maximum Gasteiger partial charge on any atom is 0.320 e. The van der Waals surface area contributed by atoms with Crippen LogP contribution in [0.3, 0.4) is 0 Å². The van der Waals surface area contributed by atoms with E-state index in [9.17, 15) is 4.79 Å². The highest BCUT2D eigenvalue weighted by Gasteiger charge is 2.30. The highest BCUT2D eigenvalue weighted by Crippen LogP contribution is 2.33. The number of methoxy groups -OCH3 is 2. The molecule has 2 atom stereocenters. The van der Waals surface area contributed by atoms with Gasteiger partial charge in [0.15, 0.2) is 11.5 Å². The van der Waals surface area contributed by atoms with Crippen molar-refractivity contribution in [3.63, 3.8) is 0 Å². The Balaban J connectivity index is 2.17. The molecule has 5 heteroatoms. The SMILES string of the molecule is COc1ccc(C2CNC(C(=O)O)C2)cc1OC. The number of rotatable bonds is 4. The second-order valence-corrected chi connectivity index (χ2v) is 4.35. The van der Waals surface area contributed by atoms with Crippen molar-refractivity contribution >= 4 is 5.97 Å². The van der Waals surface area contributed by atoms with Crippen LogP contribution in [-0.4, -0.2) is 37.9 Å². The van der Waals surface area contributed by atoms with E-state index in [2.05, 4.69) is 5.32 Å². The zero-order valence-electron chi connectivity index (χ0n) is 10.5. The van der Waals surface area contributed by atoms with Crippen LogP contribution in [0.15, 0.2) is 18.2 Å². The average Bonchev–Trinajstić information content (AvgIpc) is 2.87. The van der Waals surface area contributed by atoms with Gasteiger partial charge in [0.2, 0.25) is 0 Å². The molecule has 0 radical (unpaired) electrons. The lowest BCUT2D eigenvalue weighted by atomic mass is 9.96. The molecule has 1 fully saturated rings. The van der Waals surface area contributed by atoms with Gasteiger partial charge in [-0.05, 0) is 30.0 Å². The zero-order chi connectivity index (χ0) is 13.1. The first kappa shape index (κ1) is 12.7. The fraction of sp³-hybridized carbons (Fsp3) is 0.462. The minimum absolute atomic E-state index is 0.200. The largest absolute Gasteiger partial charge is 0.493 e. The van der Waals surface area contributed by atoms with E-state index in [1.807, 2.05) is 18.2 Å². The second kappa shape index (κ2) is 5.27. The van der Waals surface area contributed by atoms with Crippen LogP contribution < -0.4 is 14.8 Å². The third kappa shape index (κ3) is 2.41. The lowest BCUT2D eigenvalue weighted by Crippen LogP contribution is -2.29. The van der Waals surface area contributed by atoms with E-state index in [1.54, 1.807) is 14.2 Å². The maximum absolute atomic E-state index is 10.9. The lowest BCUT2D eigenvalue weighted by Gasteiger charge is -2.13. The number of hydrogen-bond acceptors (Lipinski definition) is 4. The van der Waals surface area contributed by atoms with Crippen LogP contribution in [0.2, 0.25) is 0 Å². The summed E-state index contributed by atoms with van der Waals surface area (Å²) < 4.78 is 10.4. The molecule has 1 aliphatic heterocycles. The molecule has 2 unspecified atom stereocenters. The van der Waals surface area contributed by atoms with Gasteiger partial charge in [0.1, 0.15) is 6.04 Å². The number of carboxylic acids is 1. The predicted molar refractivity (Wildman–Crippen MR) is 66.3 cm³/mol. The number of hydrogen-bond donors (Lipinski definition) is 2. The van der Waals surface area contributed by atoms with Crippen molar-refractivity contribution in [1.29, 1.82) is 0 Å². The molecule has 0 amide bonds. The Hall–Kier alpha value is -1.75. The summed E-state index contributed by atoms with van der Waals surface area (Å²) in [5.41, 5.74) is 1.07. The molecule has 2 rings (SSSR count). The van der Waals surface area contributed by atoms with Crippen LogP contribution in [0, 0.1) is 0 Å². The van der Waals surface area contributed by atoms with Gasteiger partial charge in [0, 0.05) is 6.54 Å². The van der Waals surface area contributed by atoms with E-state index in [1.165, 1.54) is 0 Å². The van der Waals surface area contributed by atoms with Crippen molar-refractivity contribution < 1.29 is 19.4 Å². The minimum Gasteiger partial charge on any atom is -0.493 e. The quantitative estimate of drug-likeness (QED) is 0.842. The minimum atomic E-state index is -0.794. The van der Waals surface area contributed by atoms with E-state index in [0.29, 0.717) is 24.5 Å². The molecule has 0 saturated carbocycles. The van der Waals surface area contributed by atoms with E-state index >= 15 is 0 Å². The molecule has 1 aromatic rings. The summed E-state index contributed by atoms with van der Waals surface area (Å²) in [4.78, 5) is 10.9. The van der Waals surface area contributed by atoms with Crippen LogP contribution in [0.25, 0.3) is 0 Å². The Morgan fingerprint density at radius 3 is 2.61 bits per heavy atom. The maximum atomic E-state index is 10.9. The van der Waals surface area contributed by atoms with Gasteiger partial charge in [-0.3, -0.25) is 4.79 Å². The lowest BCUT2D eigenvalue weighted by molar-refractivity contribution is -0.139. The number of ether oxygens (including phenoxy) is 2. The second-order valence-electron chi connectivity index (χ2n) is 4.35. The number of carbonyl (C=O) groups is 1. The molecule has 1 saturated heterocycles. The van der Waals surface area contributed by atoms with Crippen molar-refractivity contribution in [1.82, 2.24) is 5.32 Å². The van der Waals surface area contributed by atoms with Crippen LogP contribution in [0.4, 0.5) is 0 Å². The molecule has 18 heavy (non-hydrogen) atoms. The Kier molecular flexibility index (Phi) is 3.72. The van der Waals surface area contributed by atoms with Crippen LogP contribution in [-0.2, 0) is 4.79 Å². The normalized spacial score (nSPS) is 22.8. The van der Waals surface area contributed by atoms with Gasteiger partial charge in [-0.1, -0.05) is 6.07 Å². The summed E-state index contributed by atoms with van der Waals surface area (Å²) in [6.45, 7) is 0.673. The summed E-state index contributed by atoms with van der Waals surface area (Å²) in [6, 6.07) is 5.26. The molecular formula is C13H17NO4. The van der Waals surface area contributed by atoms with Crippen molar-refractivity contribution in [2.24, 2.45) is 0 Å². The van der Waals surface area contributed by atoms with Crippen molar-refractivity contribution in [3.8, 4) is 11.5 Å². The van der Waals surface area contributed by atoms with Crippen LogP contribution >= 0.6 is 0 Å². The first-order valence-electron chi connectivity index (χ1n) is 5.83. The van der Waals surface area contributed by atoms with Gasteiger partial charge < -0.3 is 19.9 Å². The summed E-state index contributed by atoms with van der Waals surface area (Å²) in [7, 11) is 3.18. The number of benzene rings is 1. The smallest absolute Gasteiger partial charge is 0.320 e. The molecule has 1 aliphatic rings. The fourth-order valence-corrected chi connectivity index (χ4v) is 2.28. The van der Waals surface area contributed by atoms with E-state index < -0.39 is 12.0 Å². The molecule has 1 heterocycles. The Morgan fingerprint density at radius 2 is 2.06 bits per heavy atom. The van der Waals surface area contributed by atoms with E-state index in [0.717, 1.165) is 5.56 Å². The molecule has 98 valence electrons. The third-order valence-corrected chi connectivity index (χ3v) is 3.31. The molecule has 5 nitrogen and oxygen atoms in total. The Morgan fingerprint density at radius 1 is 1.33 bits per heavy atom. The molecule has 0 bridgehead atoms. The molecule has 0 aliphatic carbocycles. The number of nitrogens with one attached hydrogen (secondary N) is 1. The van der Waals surface area contributed by atoms with Gasteiger partial charge >= 0.3 is 5.97 Å². The fourth-order valence-electron chi connectivity index (χ4n) is 2.28. The summed E-state index contributed by atoms with van der Waals surface area (Å²) in [6.07, 6.45) is 0.602. The Bertz CT molecular complexity index is 447.